The van der Waals surface area contributed by atoms with Crippen molar-refractivity contribution in [3.8, 4) is 0 Å². The van der Waals surface area contributed by atoms with Crippen molar-refractivity contribution in [2.45, 2.75) is 51.4 Å². The smallest absolute Gasteiger partial charge is 0.0834 e. The third-order valence-corrected chi connectivity index (χ3v) is 4.68. The second-order valence-corrected chi connectivity index (χ2v) is 7.67. The Bertz CT molecular complexity index is 437. The van der Waals surface area contributed by atoms with Gasteiger partial charge in [0.1, 0.15) is 0 Å². The molecule has 1 aliphatic heterocycles. The molecule has 1 N–H and O–H groups in total. The zero-order chi connectivity index (χ0) is 13.6. The summed E-state index contributed by atoms with van der Waals surface area (Å²) in [5.74, 6) is 0. The molecule has 1 aliphatic rings. The fourth-order valence-corrected chi connectivity index (χ4v) is 3.82. The molecule has 1 saturated heterocycles. The first-order chi connectivity index (χ1) is 8.21. The van der Waals surface area contributed by atoms with Gasteiger partial charge in [0, 0.05) is 8.95 Å². The van der Waals surface area contributed by atoms with Gasteiger partial charge < -0.3 is 10.1 Å². The van der Waals surface area contributed by atoms with Crippen molar-refractivity contribution in [2.75, 3.05) is 5.32 Å². The summed E-state index contributed by atoms with van der Waals surface area (Å²) in [6.45, 7) is 8.57. The standard InChI is InChI=1S/C14H19Br2NO/c1-13(2)8-11(14(3,4)18-13)17-12-9(15)6-5-7-10(12)16/h5-7,11,17H,8H2,1-4H3. The molecule has 100 valence electrons. The van der Waals surface area contributed by atoms with Crippen molar-refractivity contribution < 1.29 is 4.74 Å². The van der Waals surface area contributed by atoms with E-state index in [0.717, 1.165) is 21.1 Å². The maximum Gasteiger partial charge on any atom is 0.0834 e. The van der Waals surface area contributed by atoms with Crippen LogP contribution in [0.15, 0.2) is 27.1 Å². The summed E-state index contributed by atoms with van der Waals surface area (Å²) in [6.07, 6.45) is 0.994. The van der Waals surface area contributed by atoms with E-state index in [1.54, 1.807) is 0 Å². The summed E-state index contributed by atoms with van der Waals surface area (Å²) >= 11 is 7.17. The van der Waals surface area contributed by atoms with E-state index in [2.05, 4.69) is 64.9 Å². The molecule has 0 radical (unpaired) electrons. The van der Waals surface area contributed by atoms with Crippen LogP contribution in [0.1, 0.15) is 34.1 Å². The van der Waals surface area contributed by atoms with Crippen LogP contribution < -0.4 is 5.32 Å². The number of ether oxygens (including phenoxy) is 1. The highest BCUT2D eigenvalue weighted by atomic mass is 79.9. The van der Waals surface area contributed by atoms with Crippen LogP contribution in [0.2, 0.25) is 0 Å². The number of rotatable bonds is 2. The van der Waals surface area contributed by atoms with E-state index < -0.39 is 0 Å². The predicted octanol–water partition coefficient (Wildman–Crippen LogP) is 4.97. The maximum atomic E-state index is 6.11. The van der Waals surface area contributed by atoms with Gasteiger partial charge in [-0.25, -0.2) is 0 Å². The highest BCUT2D eigenvalue weighted by molar-refractivity contribution is 9.11. The molecule has 1 aromatic rings. The third-order valence-electron chi connectivity index (χ3n) is 3.36. The van der Waals surface area contributed by atoms with Crippen LogP contribution in [-0.4, -0.2) is 17.2 Å². The number of para-hydroxylation sites is 1. The molecular formula is C14H19Br2NO. The van der Waals surface area contributed by atoms with Gasteiger partial charge in [0.05, 0.1) is 22.9 Å². The molecule has 2 nitrogen and oxygen atoms in total. The van der Waals surface area contributed by atoms with Gasteiger partial charge in [-0.15, -0.1) is 0 Å². The highest BCUT2D eigenvalue weighted by Crippen LogP contribution is 2.41. The highest BCUT2D eigenvalue weighted by Gasteiger charge is 2.46. The Morgan fingerprint density at radius 2 is 1.72 bits per heavy atom. The Morgan fingerprint density at radius 3 is 2.17 bits per heavy atom. The summed E-state index contributed by atoms with van der Waals surface area (Å²) in [4.78, 5) is 0. The van der Waals surface area contributed by atoms with Crippen molar-refractivity contribution in [1.29, 1.82) is 0 Å². The molecule has 1 atom stereocenters. The lowest BCUT2D eigenvalue weighted by atomic mass is 9.94. The zero-order valence-corrected chi connectivity index (χ0v) is 14.4. The first-order valence-corrected chi connectivity index (χ1v) is 7.71. The number of nitrogens with one attached hydrogen (secondary N) is 1. The Morgan fingerprint density at radius 1 is 1.17 bits per heavy atom. The van der Waals surface area contributed by atoms with Crippen molar-refractivity contribution in [3.63, 3.8) is 0 Å². The molecule has 0 aromatic heterocycles. The lowest BCUT2D eigenvalue weighted by molar-refractivity contribution is -0.0662. The van der Waals surface area contributed by atoms with Gasteiger partial charge in [0.15, 0.2) is 0 Å². The van der Waals surface area contributed by atoms with Gasteiger partial charge in [-0.05, 0) is 78.1 Å². The molecular weight excluding hydrogens is 358 g/mol. The van der Waals surface area contributed by atoms with E-state index in [1.165, 1.54) is 0 Å². The quantitative estimate of drug-likeness (QED) is 0.786. The summed E-state index contributed by atoms with van der Waals surface area (Å²) in [5, 5.41) is 3.60. The Balaban J connectivity index is 2.25. The number of anilines is 1. The number of halogens is 2. The summed E-state index contributed by atoms with van der Waals surface area (Å²) in [6, 6.07) is 6.39. The van der Waals surface area contributed by atoms with E-state index in [0.29, 0.717) is 6.04 Å². The van der Waals surface area contributed by atoms with Crippen LogP contribution in [0.4, 0.5) is 5.69 Å². The molecule has 0 saturated carbocycles. The van der Waals surface area contributed by atoms with E-state index in [9.17, 15) is 0 Å². The molecule has 0 amide bonds. The molecule has 18 heavy (non-hydrogen) atoms. The van der Waals surface area contributed by atoms with Crippen LogP contribution in [0, 0.1) is 0 Å². The predicted molar refractivity (Wildman–Crippen MR) is 83.1 cm³/mol. The first kappa shape index (κ1) is 14.4. The maximum absolute atomic E-state index is 6.11. The normalized spacial score (nSPS) is 25.1. The minimum Gasteiger partial charge on any atom is -0.377 e. The minimum atomic E-state index is -0.168. The summed E-state index contributed by atoms with van der Waals surface area (Å²) < 4.78 is 8.24. The lowest BCUT2D eigenvalue weighted by Gasteiger charge is -2.29. The fourth-order valence-electron chi connectivity index (χ4n) is 2.60. The molecule has 2 rings (SSSR count). The van der Waals surface area contributed by atoms with E-state index in [4.69, 9.17) is 4.74 Å². The molecule has 0 bridgehead atoms. The second kappa shape index (κ2) is 4.80. The topological polar surface area (TPSA) is 21.3 Å². The largest absolute Gasteiger partial charge is 0.377 e. The average Bonchev–Trinajstić information content (AvgIpc) is 2.40. The van der Waals surface area contributed by atoms with Crippen LogP contribution in [-0.2, 0) is 4.74 Å². The lowest BCUT2D eigenvalue weighted by Crippen LogP contribution is -2.38. The van der Waals surface area contributed by atoms with Gasteiger partial charge >= 0.3 is 0 Å². The Labute approximate surface area is 126 Å². The zero-order valence-electron chi connectivity index (χ0n) is 11.2. The monoisotopic (exact) mass is 375 g/mol. The summed E-state index contributed by atoms with van der Waals surface area (Å²) in [7, 11) is 0. The molecule has 0 spiro atoms. The number of hydrogen-bond acceptors (Lipinski definition) is 2. The van der Waals surface area contributed by atoms with Crippen LogP contribution in [0.3, 0.4) is 0 Å². The Hall–Kier alpha value is -0.0600. The summed E-state index contributed by atoms with van der Waals surface area (Å²) in [5.41, 5.74) is 0.851. The Kier molecular flexibility index (Phi) is 3.83. The number of benzene rings is 1. The minimum absolute atomic E-state index is 0.0745. The van der Waals surface area contributed by atoms with Crippen molar-refractivity contribution in [2.24, 2.45) is 0 Å². The fraction of sp³-hybridized carbons (Fsp3) is 0.571. The van der Waals surface area contributed by atoms with E-state index in [-0.39, 0.29) is 11.2 Å². The number of hydrogen-bond donors (Lipinski definition) is 1. The van der Waals surface area contributed by atoms with Gasteiger partial charge in [-0.2, -0.15) is 0 Å². The van der Waals surface area contributed by atoms with E-state index in [1.807, 2.05) is 18.2 Å². The first-order valence-electron chi connectivity index (χ1n) is 6.12. The molecule has 1 unspecified atom stereocenters. The second-order valence-electron chi connectivity index (χ2n) is 5.96. The van der Waals surface area contributed by atoms with Crippen molar-refractivity contribution in [1.82, 2.24) is 0 Å². The SMILES string of the molecule is CC1(C)CC(Nc2c(Br)cccc2Br)C(C)(C)O1. The van der Waals surface area contributed by atoms with Gasteiger partial charge in [-0.1, -0.05) is 6.07 Å². The van der Waals surface area contributed by atoms with Crippen LogP contribution in [0.5, 0.6) is 0 Å². The molecule has 4 heteroatoms. The molecule has 1 heterocycles. The molecule has 0 aliphatic carbocycles. The van der Waals surface area contributed by atoms with Crippen LogP contribution >= 0.6 is 31.9 Å². The average molecular weight is 377 g/mol. The van der Waals surface area contributed by atoms with Gasteiger partial charge in [-0.3, -0.25) is 0 Å². The van der Waals surface area contributed by atoms with Crippen molar-refractivity contribution in [3.05, 3.63) is 27.1 Å². The molecule has 1 aromatic carbocycles. The molecule has 1 fully saturated rings. The van der Waals surface area contributed by atoms with E-state index >= 15 is 0 Å². The van der Waals surface area contributed by atoms with Gasteiger partial charge in [0.2, 0.25) is 0 Å². The van der Waals surface area contributed by atoms with Crippen molar-refractivity contribution >= 4 is 37.5 Å². The third kappa shape index (κ3) is 2.91. The van der Waals surface area contributed by atoms with Crippen LogP contribution in [0.25, 0.3) is 0 Å². The van der Waals surface area contributed by atoms with Gasteiger partial charge in [0.25, 0.3) is 0 Å².